The van der Waals surface area contributed by atoms with Crippen LogP contribution in [0.5, 0.6) is 0 Å². The molecule has 6 heteroatoms. The number of furan rings is 1. The molecule has 0 amide bonds. The summed E-state index contributed by atoms with van der Waals surface area (Å²) in [5, 5.41) is 0. The number of hydrogen-bond donors (Lipinski definition) is 1. The molecule has 0 bridgehead atoms. The van der Waals surface area contributed by atoms with Crippen LogP contribution in [-0.4, -0.2) is 50.3 Å². The van der Waals surface area contributed by atoms with Crippen LogP contribution in [0.2, 0.25) is 0 Å². The van der Waals surface area contributed by atoms with E-state index < -0.39 is 0 Å². The van der Waals surface area contributed by atoms with Crippen molar-refractivity contribution in [2.75, 3.05) is 27.3 Å². The largest absolute Gasteiger partial charge is 0.467 e. The number of carbonyl (C=O) groups excluding carboxylic acids is 1. The summed E-state index contributed by atoms with van der Waals surface area (Å²) in [6.07, 6.45) is 3.64. The zero-order valence-corrected chi connectivity index (χ0v) is 12.0. The van der Waals surface area contributed by atoms with Crippen molar-refractivity contribution in [1.82, 2.24) is 4.90 Å². The van der Waals surface area contributed by atoms with Gasteiger partial charge in [0.05, 0.1) is 26.0 Å². The van der Waals surface area contributed by atoms with E-state index in [9.17, 15) is 4.79 Å². The molecule has 1 saturated heterocycles. The Labute approximate surface area is 118 Å². The fraction of sp³-hybridized carbons (Fsp3) is 0.643. The molecule has 1 aromatic heterocycles. The van der Waals surface area contributed by atoms with Crippen molar-refractivity contribution in [2.24, 2.45) is 5.73 Å². The first-order valence-electron chi connectivity index (χ1n) is 6.81. The second-order valence-electron chi connectivity index (χ2n) is 4.99. The van der Waals surface area contributed by atoms with Gasteiger partial charge < -0.3 is 19.6 Å². The SMILES string of the molecule is COC(=O)c1ccoc1CN1CCC(OC)CC1CN. The predicted octanol–water partition coefficient (Wildman–Crippen LogP) is 1.00. The van der Waals surface area contributed by atoms with Gasteiger partial charge in [0.25, 0.3) is 0 Å². The second kappa shape index (κ2) is 6.88. The Balaban J connectivity index is 2.06. The summed E-state index contributed by atoms with van der Waals surface area (Å²) < 4.78 is 15.6. The summed E-state index contributed by atoms with van der Waals surface area (Å²) in [7, 11) is 3.10. The van der Waals surface area contributed by atoms with Gasteiger partial charge in [0, 0.05) is 26.2 Å². The highest BCUT2D eigenvalue weighted by Gasteiger charge is 2.29. The van der Waals surface area contributed by atoms with E-state index in [1.165, 1.54) is 13.4 Å². The highest BCUT2D eigenvalue weighted by atomic mass is 16.5. The molecule has 2 unspecified atom stereocenters. The van der Waals surface area contributed by atoms with Crippen molar-refractivity contribution in [2.45, 2.75) is 31.5 Å². The smallest absolute Gasteiger partial charge is 0.341 e. The van der Waals surface area contributed by atoms with Crippen molar-refractivity contribution in [3.63, 3.8) is 0 Å². The van der Waals surface area contributed by atoms with Crippen molar-refractivity contribution in [3.05, 3.63) is 23.7 Å². The molecular weight excluding hydrogens is 260 g/mol. The topological polar surface area (TPSA) is 77.9 Å². The van der Waals surface area contributed by atoms with Crippen LogP contribution in [-0.2, 0) is 16.0 Å². The highest BCUT2D eigenvalue weighted by molar-refractivity contribution is 5.90. The minimum absolute atomic E-state index is 0.240. The summed E-state index contributed by atoms with van der Waals surface area (Å²) in [4.78, 5) is 13.9. The van der Waals surface area contributed by atoms with E-state index in [0.29, 0.717) is 24.4 Å². The molecule has 0 radical (unpaired) electrons. The Morgan fingerprint density at radius 2 is 2.35 bits per heavy atom. The van der Waals surface area contributed by atoms with Crippen LogP contribution < -0.4 is 5.73 Å². The summed E-state index contributed by atoms with van der Waals surface area (Å²) in [5.74, 6) is 0.260. The third-order valence-corrected chi connectivity index (χ3v) is 3.89. The number of nitrogens with two attached hydrogens (primary N) is 1. The van der Waals surface area contributed by atoms with Crippen LogP contribution in [0.25, 0.3) is 0 Å². The number of ether oxygens (including phenoxy) is 2. The van der Waals surface area contributed by atoms with Crippen LogP contribution in [0.15, 0.2) is 16.7 Å². The molecule has 0 spiro atoms. The number of esters is 1. The standard InChI is InChI=1S/C14H22N2O4/c1-18-11-3-5-16(10(7-11)8-15)9-13-12(4-6-20-13)14(17)19-2/h4,6,10-11H,3,5,7-9,15H2,1-2H3. The third kappa shape index (κ3) is 3.20. The van der Waals surface area contributed by atoms with Crippen molar-refractivity contribution < 1.29 is 18.7 Å². The number of carbonyl (C=O) groups is 1. The highest BCUT2D eigenvalue weighted by Crippen LogP contribution is 2.23. The Morgan fingerprint density at radius 3 is 3.00 bits per heavy atom. The van der Waals surface area contributed by atoms with Crippen molar-refractivity contribution >= 4 is 5.97 Å². The van der Waals surface area contributed by atoms with Gasteiger partial charge in [0.1, 0.15) is 11.3 Å². The fourth-order valence-electron chi connectivity index (χ4n) is 2.67. The Kier molecular flexibility index (Phi) is 5.17. The average molecular weight is 282 g/mol. The van der Waals surface area contributed by atoms with Crippen LogP contribution in [0.3, 0.4) is 0 Å². The Hall–Kier alpha value is -1.37. The maximum absolute atomic E-state index is 11.6. The monoisotopic (exact) mass is 282 g/mol. The first kappa shape index (κ1) is 15.0. The molecule has 6 nitrogen and oxygen atoms in total. The number of piperidine rings is 1. The van der Waals surface area contributed by atoms with Crippen molar-refractivity contribution in [1.29, 1.82) is 0 Å². The lowest BCUT2D eigenvalue weighted by Crippen LogP contribution is -2.48. The predicted molar refractivity (Wildman–Crippen MR) is 73.3 cm³/mol. The number of rotatable bonds is 5. The molecule has 0 aliphatic carbocycles. The maximum atomic E-state index is 11.6. The normalized spacial score (nSPS) is 23.8. The van der Waals surface area contributed by atoms with E-state index >= 15 is 0 Å². The second-order valence-corrected chi connectivity index (χ2v) is 4.99. The number of nitrogens with zero attached hydrogens (tertiary/aromatic N) is 1. The lowest BCUT2D eigenvalue weighted by Gasteiger charge is -2.38. The molecule has 2 rings (SSSR count). The Bertz CT molecular complexity index is 446. The molecule has 2 N–H and O–H groups in total. The lowest BCUT2D eigenvalue weighted by molar-refractivity contribution is 0.00769. The summed E-state index contributed by atoms with van der Waals surface area (Å²) in [5.41, 5.74) is 6.33. The van der Waals surface area contributed by atoms with Crippen molar-refractivity contribution in [3.8, 4) is 0 Å². The molecule has 1 fully saturated rings. The number of hydrogen-bond acceptors (Lipinski definition) is 6. The van der Waals surface area contributed by atoms with Gasteiger partial charge in [-0.3, -0.25) is 4.90 Å². The minimum atomic E-state index is -0.371. The van der Waals surface area contributed by atoms with E-state index in [2.05, 4.69) is 4.90 Å². The zero-order chi connectivity index (χ0) is 14.5. The zero-order valence-electron chi connectivity index (χ0n) is 12.0. The molecule has 2 atom stereocenters. The summed E-state index contributed by atoms with van der Waals surface area (Å²) in [6.45, 7) is 2.01. The third-order valence-electron chi connectivity index (χ3n) is 3.89. The number of likely N-dealkylation sites (tertiary alicyclic amines) is 1. The summed E-state index contributed by atoms with van der Waals surface area (Å²) in [6, 6.07) is 1.88. The van der Waals surface area contributed by atoms with Crippen LogP contribution in [0.1, 0.15) is 29.0 Å². The average Bonchev–Trinajstić information content (AvgIpc) is 2.95. The van der Waals surface area contributed by atoms with Gasteiger partial charge in [0.2, 0.25) is 0 Å². The van der Waals surface area contributed by atoms with Gasteiger partial charge in [0.15, 0.2) is 0 Å². The van der Waals surface area contributed by atoms with Gasteiger partial charge >= 0.3 is 5.97 Å². The maximum Gasteiger partial charge on any atom is 0.341 e. The molecule has 1 aromatic rings. The molecule has 112 valence electrons. The van der Waals surface area contributed by atoms with Crippen LogP contribution in [0, 0.1) is 0 Å². The molecule has 0 aromatic carbocycles. The molecule has 1 aliphatic heterocycles. The first-order valence-corrected chi connectivity index (χ1v) is 6.81. The van der Waals surface area contributed by atoms with Gasteiger partial charge in [-0.25, -0.2) is 4.79 Å². The van der Waals surface area contributed by atoms with Crippen LogP contribution >= 0.6 is 0 Å². The van der Waals surface area contributed by atoms with Gasteiger partial charge in [-0.15, -0.1) is 0 Å². The van der Waals surface area contributed by atoms with E-state index in [0.717, 1.165) is 19.4 Å². The van der Waals surface area contributed by atoms with Gasteiger partial charge in [-0.2, -0.15) is 0 Å². The molecule has 0 saturated carbocycles. The first-order chi connectivity index (χ1) is 9.69. The van der Waals surface area contributed by atoms with E-state index in [1.807, 2.05) is 0 Å². The van der Waals surface area contributed by atoms with Gasteiger partial charge in [-0.1, -0.05) is 0 Å². The minimum Gasteiger partial charge on any atom is -0.467 e. The molecule has 2 heterocycles. The quantitative estimate of drug-likeness (QED) is 0.812. The van der Waals surface area contributed by atoms with E-state index in [1.54, 1.807) is 13.2 Å². The fourth-order valence-corrected chi connectivity index (χ4v) is 2.67. The summed E-state index contributed by atoms with van der Waals surface area (Å²) >= 11 is 0. The molecular formula is C14H22N2O4. The van der Waals surface area contributed by atoms with E-state index in [-0.39, 0.29) is 18.1 Å². The van der Waals surface area contributed by atoms with Crippen LogP contribution in [0.4, 0.5) is 0 Å². The molecule has 1 aliphatic rings. The molecule has 20 heavy (non-hydrogen) atoms. The lowest BCUT2D eigenvalue weighted by atomic mass is 9.99. The van der Waals surface area contributed by atoms with E-state index in [4.69, 9.17) is 19.6 Å². The van der Waals surface area contributed by atoms with Gasteiger partial charge in [-0.05, 0) is 18.9 Å². The number of methoxy groups -OCH3 is 2. The Morgan fingerprint density at radius 1 is 1.55 bits per heavy atom.